The molecule has 1 aromatic rings. The number of aliphatic imine (C=N–C) groups is 1. The highest BCUT2D eigenvalue weighted by atomic mass is 32.2. The van der Waals surface area contributed by atoms with Gasteiger partial charge in [-0.25, -0.2) is 21.9 Å². The van der Waals surface area contributed by atoms with Gasteiger partial charge in [0.15, 0.2) is 5.96 Å². The van der Waals surface area contributed by atoms with E-state index in [1.54, 1.807) is 0 Å². The van der Waals surface area contributed by atoms with Gasteiger partial charge in [0.25, 0.3) is 0 Å². The Hall–Kier alpha value is -1.74. The predicted octanol–water partition coefficient (Wildman–Crippen LogP) is 0.264. The molecule has 1 fully saturated rings. The predicted molar refractivity (Wildman–Crippen MR) is 74.2 cm³/mol. The van der Waals surface area contributed by atoms with Crippen LogP contribution in [0.4, 0.5) is 8.78 Å². The lowest BCUT2D eigenvalue weighted by molar-refractivity contribution is 0.296. The molecule has 0 bridgehead atoms. The maximum Gasteiger partial charge on any atom is 0.243 e. The fraction of sp³-hybridized carbons (Fsp3) is 0.417. The third kappa shape index (κ3) is 3.88. The van der Waals surface area contributed by atoms with E-state index in [1.807, 2.05) is 4.90 Å². The van der Waals surface area contributed by atoms with Crippen LogP contribution in [-0.4, -0.2) is 45.5 Å². The molecule has 2 rings (SSSR count). The van der Waals surface area contributed by atoms with Crippen LogP contribution in [0.2, 0.25) is 0 Å². The molecule has 9 heteroatoms. The van der Waals surface area contributed by atoms with Crippen molar-refractivity contribution in [2.45, 2.75) is 11.3 Å². The number of halogens is 2. The number of benzene rings is 1. The van der Waals surface area contributed by atoms with Gasteiger partial charge in [-0.1, -0.05) is 0 Å². The molecule has 6 nitrogen and oxygen atoms in total. The highest BCUT2D eigenvalue weighted by molar-refractivity contribution is 7.89. The van der Waals surface area contributed by atoms with Gasteiger partial charge in [0.05, 0.1) is 6.54 Å². The molecule has 1 aromatic carbocycles. The van der Waals surface area contributed by atoms with Crippen LogP contribution in [0.3, 0.4) is 0 Å². The number of guanidine groups is 1. The molecule has 0 spiro atoms. The standard InChI is InChI=1S/C12H16F2N4O2S/c13-9-2-3-11(10(14)8-9)21(19,20)17-5-4-16-12(15)18-6-1-7-18/h2-3,8,17H,1,4-7H2,(H2,15,16). The van der Waals surface area contributed by atoms with Crippen LogP contribution in [0.1, 0.15) is 6.42 Å². The minimum atomic E-state index is -4.03. The van der Waals surface area contributed by atoms with E-state index in [0.29, 0.717) is 12.0 Å². The summed E-state index contributed by atoms with van der Waals surface area (Å²) in [7, 11) is -4.03. The largest absolute Gasteiger partial charge is 0.370 e. The molecule has 116 valence electrons. The topological polar surface area (TPSA) is 87.8 Å². The van der Waals surface area contributed by atoms with Gasteiger partial charge in [-0.3, -0.25) is 4.99 Å². The van der Waals surface area contributed by atoms with E-state index in [0.717, 1.165) is 31.6 Å². The molecule has 0 aliphatic carbocycles. The minimum Gasteiger partial charge on any atom is -0.370 e. The van der Waals surface area contributed by atoms with Gasteiger partial charge in [-0.15, -0.1) is 0 Å². The van der Waals surface area contributed by atoms with Crippen LogP contribution >= 0.6 is 0 Å². The van der Waals surface area contributed by atoms with Gasteiger partial charge >= 0.3 is 0 Å². The summed E-state index contributed by atoms with van der Waals surface area (Å²) in [5, 5.41) is 0. The van der Waals surface area contributed by atoms with Crippen molar-refractivity contribution in [2.75, 3.05) is 26.2 Å². The second-order valence-corrected chi connectivity index (χ2v) is 6.29. The maximum absolute atomic E-state index is 13.4. The van der Waals surface area contributed by atoms with E-state index in [-0.39, 0.29) is 13.1 Å². The smallest absolute Gasteiger partial charge is 0.243 e. The number of likely N-dealkylation sites (tertiary alicyclic amines) is 1. The molecule has 0 amide bonds. The fourth-order valence-corrected chi connectivity index (χ4v) is 2.85. The lowest BCUT2D eigenvalue weighted by Crippen LogP contribution is -2.46. The Kier molecular flexibility index (Phi) is 4.73. The molecule has 1 saturated heterocycles. The molecule has 0 atom stereocenters. The first-order valence-electron chi connectivity index (χ1n) is 6.40. The summed E-state index contributed by atoms with van der Waals surface area (Å²) in [5.41, 5.74) is 5.68. The Morgan fingerprint density at radius 3 is 2.67 bits per heavy atom. The molecule has 1 aliphatic rings. The average Bonchev–Trinajstić information content (AvgIpc) is 2.32. The summed E-state index contributed by atoms with van der Waals surface area (Å²) < 4.78 is 52.1. The van der Waals surface area contributed by atoms with Crippen molar-refractivity contribution < 1.29 is 17.2 Å². The van der Waals surface area contributed by atoms with Gasteiger partial charge in [-0.2, -0.15) is 0 Å². The van der Waals surface area contributed by atoms with Crippen LogP contribution < -0.4 is 10.5 Å². The van der Waals surface area contributed by atoms with E-state index in [4.69, 9.17) is 5.73 Å². The van der Waals surface area contributed by atoms with Gasteiger partial charge in [0, 0.05) is 25.7 Å². The lowest BCUT2D eigenvalue weighted by Gasteiger charge is -2.31. The van der Waals surface area contributed by atoms with Crippen LogP contribution in [0, 0.1) is 11.6 Å². The van der Waals surface area contributed by atoms with Crippen molar-refractivity contribution in [3.63, 3.8) is 0 Å². The first-order valence-corrected chi connectivity index (χ1v) is 7.88. The number of sulfonamides is 1. The number of nitrogens with zero attached hydrogens (tertiary/aromatic N) is 2. The van der Waals surface area contributed by atoms with E-state index >= 15 is 0 Å². The second-order valence-electron chi connectivity index (χ2n) is 4.55. The van der Waals surface area contributed by atoms with E-state index in [1.165, 1.54) is 0 Å². The van der Waals surface area contributed by atoms with Gasteiger partial charge in [0.1, 0.15) is 16.5 Å². The molecular formula is C12H16F2N4O2S. The number of hydrogen-bond acceptors (Lipinski definition) is 3. The monoisotopic (exact) mass is 318 g/mol. The van der Waals surface area contributed by atoms with Crippen LogP contribution in [0.5, 0.6) is 0 Å². The van der Waals surface area contributed by atoms with Gasteiger partial charge in [0.2, 0.25) is 10.0 Å². The third-order valence-electron chi connectivity index (χ3n) is 3.04. The van der Waals surface area contributed by atoms with Crippen molar-refractivity contribution in [3.05, 3.63) is 29.8 Å². The summed E-state index contributed by atoms with van der Waals surface area (Å²) in [5.74, 6) is -1.60. The lowest BCUT2D eigenvalue weighted by atomic mass is 10.2. The molecule has 1 heterocycles. The molecular weight excluding hydrogens is 302 g/mol. The van der Waals surface area contributed by atoms with Crippen LogP contribution in [0.25, 0.3) is 0 Å². The Balaban J connectivity index is 1.92. The molecule has 21 heavy (non-hydrogen) atoms. The number of nitrogens with one attached hydrogen (secondary N) is 1. The summed E-state index contributed by atoms with van der Waals surface area (Å²) in [4.78, 5) is 5.29. The fourth-order valence-electron chi connectivity index (χ4n) is 1.77. The van der Waals surface area contributed by atoms with Crippen LogP contribution in [0.15, 0.2) is 28.1 Å². The Bertz CT molecular complexity index is 645. The van der Waals surface area contributed by atoms with Crippen molar-refractivity contribution in [1.82, 2.24) is 9.62 Å². The van der Waals surface area contributed by atoms with E-state index in [2.05, 4.69) is 9.71 Å². The molecule has 0 unspecified atom stereocenters. The van der Waals surface area contributed by atoms with Crippen molar-refractivity contribution in [3.8, 4) is 0 Å². The zero-order valence-corrected chi connectivity index (χ0v) is 12.0. The van der Waals surface area contributed by atoms with Crippen molar-refractivity contribution in [1.29, 1.82) is 0 Å². The molecule has 1 aliphatic heterocycles. The summed E-state index contributed by atoms with van der Waals surface area (Å²) in [6.45, 7) is 1.82. The second kappa shape index (κ2) is 6.35. The number of nitrogens with two attached hydrogens (primary N) is 1. The van der Waals surface area contributed by atoms with Crippen LogP contribution in [-0.2, 0) is 10.0 Å². The normalized spacial score (nSPS) is 15.9. The van der Waals surface area contributed by atoms with E-state index in [9.17, 15) is 17.2 Å². The minimum absolute atomic E-state index is 0.0201. The zero-order chi connectivity index (χ0) is 15.5. The SMILES string of the molecule is NC(=NCCNS(=O)(=O)c1ccc(F)cc1F)N1CCC1. The number of hydrogen-bond donors (Lipinski definition) is 2. The third-order valence-corrected chi connectivity index (χ3v) is 4.54. The highest BCUT2D eigenvalue weighted by Gasteiger charge is 2.19. The molecule has 3 N–H and O–H groups in total. The zero-order valence-electron chi connectivity index (χ0n) is 11.2. The summed E-state index contributed by atoms with van der Waals surface area (Å²) >= 11 is 0. The average molecular weight is 318 g/mol. The highest BCUT2D eigenvalue weighted by Crippen LogP contribution is 2.14. The summed E-state index contributed by atoms with van der Waals surface area (Å²) in [6, 6.07) is 2.29. The van der Waals surface area contributed by atoms with Crippen molar-refractivity contribution in [2.24, 2.45) is 10.7 Å². The van der Waals surface area contributed by atoms with Gasteiger partial charge < -0.3 is 10.6 Å². The first-order chi connectivity index (χ1) is 9.90. The Labute approximate surface area is 121 Å². The summed E-state index contributed by atoms with van der Waals surface area (Å²) in [6.07, 6.45) is 1.06. The first kappa shape index (κ1) is 15.6. The van der Waals surface area contributed by atoms with Gasteiger partial charge in [-0.05, 0) is 18.6 Å². The Morgan fingerprint density at radius 2 is 2.10 bits per heavy atom. The quantitative estimate of drug-likeness (QED) is 0.463. The maximum atomic E-state index is 13.4. The molecule has 0 aromatic heterocycles. The molecule has 0 saturated carbocycles. The van der Waals surface area contributed by atoms with E-state index < -0.39 is 26.6 Å². The molecule has 0 radical (unpaired) electrons. The van der Waals surface area contributed by atoms with Crippen molar-refractivity contribution >= 4 is 16.0 Å². The number of rotatable bonds is 5. The Morgan fingerprint density at radius 1 is 1.38 bits per heavy atom.